The van der Waals surface area contributed by atoms with E-state index in [9.17, 15) is 8.42 Å². The lowest BCUT2D eigenvalue weighted by Gasteiger charge is -2.24. The molecule has 0 radical (unpaired) electrons. The summed E-state index contributed by atoms with van der Waals surface area (Å²) >= 11 is 11.7. The van der Waals surface area contributed by atoms with Crippen molar-refractivity contribution in [3.05, 3.63) is 29.8 Å². The monoisotopic (exact) mass is 307 g/mol. The van der Waals surface area contributed by atoms with Crippen LogP contribution in [0.4, 0.5) is 0 Å². The molecule has 0 N–H and O–H groups in total. The van der Waals surface area contributed by atoms with Gasteiger partial charge in [0.25, 0.3) is 0 Å². The molecule has 0 aromatic heterocycles. The zero-order valence-electron chi connectivity index (χ0n) is 10.0. The summed E-state index contributed by atoms with van der Waals surface area (Å²) in [6.45, 7) is 2.40. The Morgan fingerprint density at radius 3 is 2.44 bits per heavy atom. The van der Waals surface area contributed by atoms with Crippen LogP contribution in [0.5, 0.6) is 0 Å². The van der Waals surface area contributed by atoms with Gasteiger partial charge in [0.05, 0.1) is 10.9 Å². The smallest absolute Gasteiger partial charge is 0.207 e. The average Bonchev–Trinajstić information content (AvgIpc) is 2.79. The molecule has 100 valence electrons. The molecule has 1 fully saturated rings. The fourth-order valence-corrected chi connectivity index (χ4v) is 4.52. The van der Waals surface area contributed by atoms with E-state index in [2.05, 4.69) is 0 Å². The van der Waals surface area contributed by atoms with Gasteiger partial charge in [0.2, 0.25) is 10.0 Å². The summed E-state index contributed by atoms with van der Waals surface area (Å²) < 4.78 is 26.4. The maximum absolute atomic E-state index is 12.5. The van der Waals surface area contributed by atoms with Gasteiger partial charge < -0.3 is 0 Å². The van der Waals surface area contributed by atoms with Gasteiger partial charge in [-0.25, -0.2) is 8.42 Å². The summed E-state index contributed by atoms with van der Waals surface area (Å²) in [5.74, 6) is 0. The van der Waals surface area contributed by atoms with E-state index in [4.69, 9.17) is 23.2 Å². The van der Waals surface area contributed by atoms with Crippen LogP contribution >= 0.6 is 23.2 Å². The molecule has 18 heavy (non-hydrogen) atoms. The number of nitrogens with zero attached hydrogens (tertiary/aromatic N) is 1. The van der Waals surface area contributed by atoms with Gasteiger partial charge >= 0.3 is 0 Å². The minimum absolute atomic E-state index is 0.300. The van der Waals surface area contributed by atoms with Gasteiger partial charge in [0.1, 0.15) is 4.84 Å². The summed E-state index contributed by atoms with van der Waals surface area (Å²) in [5, 5.41) is 0. The van der Waals surface area contributed by atoms with Crippen LogP contribution in [0, 0.1) is 6.92 Å². The number of halogens is 2. The fourth-order valence-electron chi connectivity index (χ4n) is 2.16. The van der Waals surface area contributed by atoms with Crippen LogP contribution in [0.3, 0.4) is 0 Å². The van der Waals surface area contributed by atoms with Crippen molar-refractivity contribution in [1.29, 1.82) is 0 Å². The van der Waals surface area contributed by atoms with Crippen molar-refractivity contribution in [3.63, 3.8) is 0 Å². The Kier molecular flexibility index (Phi) is 4.22. The van der Waals surface area contributed by atoms with Crippen molar-refractivity contribution in [3.8, 4) is 0 Å². The van der Waals surface area contributed by atoms with Crippen LogP contribution in [0.25, 0.3) is 0 Å². The molecule has 1 aromatic rings. The van der Waals surface area contributed by atoms with Crippen LogP contribution in [-0.4, -0.2) is 30.1 Å². The first-order valence-corrected chi connectivity index (χ1v) is 8.11. The van der Waals surface area contributed by atoms with E-state index in [0.717, 1.165) is 12.0 Å². The molecular weight excluding hydrogens is 293 g/mol. The molecule has 0 spiro atoms. The van der Waals surface area contributed by atoms with Gasteiger partial charge in [0.15, 0.2) is 0 Å². The van der Waals surface area contributed by atoms with Crippen LogP contribution < -0.4 is 0 Å². The SMILES string of the molecule is Cc1ccc(S(=O)(=O)N2CCCC2C(Cl)Cl)cc1. The lowest BCUT2D eigenvalue weighted by Crippen LogP contribution is -2.39. The molecule has 1 unspecified atom stereocenters. The van der Waals surface area contributed by atoms with Crippen molar-refractivity contribution >= 4 is 33.2 Å². The Labute approximate surface area is 118 Å². The second kappa shape index (κ2) is 5.37. The van der Waals surface area contributed by atoms with E-state index < -0.39 is 14.9 Å². The first-order valence-electron chi connectivity index (χ1n) is 5.79. The molecule has 3 nitrogen and oxygen atoms in total. The fraction of sp³-hybridized carbons (Fsp3) is 0.500. The largest absolute Gasteiger partial charge is 0.243 e. The predicted octanol–water partition coefficient (Wildman–Crippen LogP) is 2.95. The molecule has 1 aliphatic rings. The molecule has 1 aliphatic heterocycles. The van der Waals surface area contributed by atoms with Gasteiger partial charge in [-0.2, -0.15) is 4.31 Å². The molecule has 0 bridgehead atoms. The van der Waals surface area contributed by atoms with E-state index in [-0.39, 0.29) is 6.04 Å². The molecule has 1 heterocycles. The molecule has 0 aliphatic carbocycles. The highest BCUT2D eigenvalue weighted by molar-refractivity contribution is 7.89. The molecule has 0 saturated carbocycles. The third-order valence-corrected chi connectivity index (χ3v) is 5.69. The topological polar surface area (TPSA) is 37.4 Å². The third kappa shape index (κ3) is 2.67. The minimum atomic E-state index is -3.49. The first-order chi connectivity index (χ1) is 8.43. The number of hydrogen-bond acceptors (Lipinski definition) is 2. The summed E-state index contributed by atoms with van der Waals surface area (Å²) in [6.07, 6.45) is 1.51. The Bertz CT molecular complexity index is 513. The molecule has 1 saturated heterocycles. The Hall–Kier alpha value is -0.290. The molecule has 0 amide bonds. The van der Waals surface area contributed by atoms with Gasteiger partial charge in [0, 0.05) is 6.54 Å². The van der Waals surface area contributed by atoms with Crippen molar-refractivity contribution in [1.82, 2.24) is 4.31 Å². The molecule has 2 rings (SSSR count). The van der Waals surface area contributed by atoms with Crippen molar-refractivity contribution in [2.45, 2.75) is 35.5 Å². The summed E-state index contributed by atoms with van der Waals surface area (Å²) in [4.78, 5) is -0.387. The average molecular weight is 308 g/mol. The van der Waals surface area contributed by atoms with E-state index in [0.29, 0.717) is 17.9 Å². The predicted molar refractivity (Wildman–Crippen MR) is 73.6 cm³/mol. The highest BCUT2D eigenvalue weighted by Gasteiger charge is 2.38. The van der Waals surface area contributed by atoms with Crippen LogP contribution in [0.15, 0.2) is 29.2 Å². The number of alkyl halides is 2. The zero-order chi connectivity index (χ0) is 13.3. The van der Waals surface area contributed by atoms with Gasteiger partial charge in [-0.05, 0) is 31.9 Å². The number of sulfonamides is 1. The number of benzene rings is 1. The summed E-state index contributed by atoms with van der Waals surface area (Å²) in [5.41, 5.74) is 1.03. The first kappa shape index (κ1) is 14.1. The van der Waals surface area contributed by atoms with Crippen molar-refractivity contribution in [2.75, 3.05) is 6.54 Å². The van der Waals surface area contributed by atoms with E-state index in [1.54, 1.807) is 24.3 Å². The van der Waals surface area contributed by atoms with Gasteiger partial charge in [-0.15, -0.1) is 23.2 Å². The minimum Gasteiger partial charge on any atom is -0.207 e. The van der Waals surface area contributed by atoms with Gasteiger partial charge in [-0.3, -0.25) is 0 Å². The zero-order valence-corrected chi connectivity index (χ0v) is 12.3. The Morgan fingerprint density at radius 2 is 1.89 bits per heavy atom. The van der Waals surface area contributed by atoms with Crippen LogP contribution in [0.2, 0.25) is 0 Å². The second-order valence-electron chi connectivity index (χ2n) is 4.47. The maximum atomic E-state index is 12.5. The third-order valence-electron chi connectivity index (χ3n) is 3.17. The number of rotatable bonds is 3. The standard InChI is InChI=1S/C12H15Cl2NO2S/c1-9-4-6-10(7-5-9)18(16,17)15-8-2-3-11(15)12(13)14/h4-7,11-12H,2-3,8H2,1H3. The normalized spacial score (nSPS) is 21.7. The molecular formula is C12H15Cl2NO2S. The molecule has 1 aromatic carbocycles. The van der Waals surface area contributed by atoms with Crippen molar-refractivity contribution in [2.24, 2.45) is 0 Å². The molecule has 6 heteroatoms. The number of hydrogen-bond donors (Lipinski definition) is 0. The Balaban J connectivity index is 2.33. The number of aryl methyl sites for hydroxylation is 1. The van der Waals surface area contributed by atoms with Crippen LogP contribution in [0.1, 0.15) is 18.4 Å². The summed E-state index contributed by atoms with van der Waals surface area (Å²) in [7, 11) is -3.49. The van der Waals surface area contributed by atoms with E-state index in [1.807, 2.05) is 6.92 Å². The Morgan fingerprint density at radius 1 is 1.28 bits per heavy atom. The quantitative estimate of drug-likeness (QED) is 0.805. The second-order valence-corrected chi connectivity index (χ2v) is 7.53. The molecule has 1 atom stereocenters. The lowest BCUT2D eigenvalue weighted by atomic mass is 10.2. The maximum Gasteiger partial charge on any atom is 0.243 e. The van der Waals surface area contributed by atoms with Crippen LogP contribution in [-0.2, 0) is 10.0 Å². The van der Waals surface area contributed by atoms with E-state index in [1.165, 1.54) is 4.31 Å². The van der Waals surface area contributed by atoms with E-state index >= 15 is 0 Å². The highest BCUT2D eigenvalue weighted by Crippen LogP contribution is 2.31. The van der Waals surface area contributed by atoms with Gasteiger partial charge in [-0.1, -0.05) is 17.7 Å². The summed E-state index contributed by atoms with van der Waals surface area (Å²) in [6, 6.07) is 6.50. The van der Waals surface area contributed by atoms with Crippen molar-refractivity contribution < 1.29 is 8.42 Å². The lowest BCUT2D eigenvalue weighted by molar-refractivity contribution is 0.401. The highest BCUT2D eigenvalue weighted by atomic mass is 35.5.